The van der Waals surface area contributed by atoms with Crippen molar-refractivity contribution in [2.75, 3.05) is 7.11 Å². The van der Waals surface area contributed by atoms with E-state index in [-0.39, 0.29) is 11.7 Å². The van der Waals surface area contributed by atoms with Crippen LogP contribution in [0.1, 0.15) is 33.0 Å². The van der Waals surface area contributed by atoms with Gasteiger partial charge >= 0.3 is 0 Å². The van der Waals surface area contributed by atoms with Crippen molar-refractivity contribution in [3.05, 3.63) is 101 Å². The molecule has 2 heteroatoms. The first-order valence-corrected chi connectivity index (χ1v) is 8.46. The van der Waals surface area contributed by atoms with Gasteiger partial charge in [-0.3, -0.25) is 4.79 Å². The van der Waals surface area contributed by atoms with Crippen molar-refractivity contribution < 1.29 is 9.53 Å². The Hall–Kier alpha value is -2.87. The van der Waals surface area contributed by atoms with Crippen molar-refractivity contribution in [2.45, 2.75) is 19.3 Å². The summed E-state index contributed by atoms with van der Waals surface area (Å²) < 4.78 is 5.32. The van der Waals surface area contributed by atoms with E-state index < -0.39 is 0 Å². The topological polar surface area (TPSA) is 26.3 Å². The van der Waals surface area contributed by atoms with Gasteiger partial charge in [-0.2, -0.15) is 0 Å². The van der Waals surface area contributed by atoms with E-state index in [2.05, 4.69) is 0 Å². The van der Waals surface area contributed by atoms with Gasteiger partial charge in [0.05, 0.1) is 13.0 Å². The van der Waals surface area contributed by atoms with Crippen LogP contribution in [0.4, 0.5) is 0 Å². The van der Waals surface area contributed by atoms with Crippen molar-refractivity contribution in [1.29, 1.82) is 0 Å². The van der Waals surface area contributed by atoms with Crippen molar-refractivity contribution >= 4 is 5.78 Å². The monoisotopic (exact) mass is 330 g/mol. The molecule has 0 N–H and O–H groups in total. The van der Waals surface area contributed by atoms with Gasteiger partial charge in [-0.15, -0.1) is 0 Å². The Morgan fingerprint density at radius 2 is 1.64 bits per heavy atom. The first kappa shape index (κ1) is 17.0. The van der Waals surface area contributed by atoms with E-state index in [1.54, 1.807) is 7.11 Å². The van der Waals surface area contributed by atoms with E-state index in [0.29, 0.717) is 6.42 Å². The molecule has 2 nitrogen and oxygen atoms in total. The van der Waals surface area contributed by atoms with Gasteiger partial charge in [0, 0.05) is 5.56 Å². The number of carbonyl (C=O) groups is 1. The van der Waals surface area contributed by atoms with E-state index in [1.165, 1.54) is 0 Å². The average Bonchev–Trinajstić information content (AvgIpc) is 2.67. The van der Waals surface area contributed by atoms with E-state index in [0.717, 1.165) is 28.0 Å². The summed E-state index contributed by atoms with van der Waals surface area (Å²) in [5.41, 5.74) is 4.03. The second kappa shape index (κ2) is 7.80. The number of ether oxygens (including phenoxy) is 1. The van der Waals surface area contributed by atoms with Crippen LogP contribution in [0.3, 0.4) is 0 Å². The van der Waals surface area contributed by atoms with Crippen LogP contribution >= 0.6 is 0 Å². The third-order valence-corrected chi connectivity index (χ3v) is 4.43. The fourth-order valence-electron chi connectivity index (χ4n) is 3.00. The number of Topliss-reactive ketones (excluding diaryl/α,β-unsaturated/α-hetero) is 1. The highest BCUT2D eigenvalue weighted by molar-refractivity contribution is 6.01. The summed E-state index contributed by atoms with van der Waals surface area (Å²) in [5.74, 6) is 0.747. The van der Waals surface area contributed by atoms with Crippen molar-refractivity contribution in [2.24, 2.45) is 0 Å². The molecule has 0 radical (unpaired) electrons. The Labute approximate surface area is 149 Å². The van der Waals surface area contributed by atoms with Crippen molar-refractivity contribution in [3.63, 3.8) is 0 Å². The summed E-state index contributed by atoms with van der Waals surface area (Å²) in [6.45, 7) is 2.03. The third kappa shape index (κ3) is 4.16. The van der Waals surface area contributed by atoms with Gasteiger partial charge in [0.1, 0.15) is 5.75 Å². The predicted octanol–water partition coefficient (Wildman–Crippen LogP) is 5.21. The smallest absolute Gasteiger partial charge is 0.170 e. The minimum Gasteiger partial charge on any atom is -0.497 e. The Bertz CT molecular complexity index is 835. The standard InChI is InChI=1S/C23H22O2/c1-17-11-13-20(14-12-17)23(24)22(19-8-4-3-5-9-19)16-18-7-6-10-21(15-18)25-2/h3-15,22H,16H2,1-2H3. The van der Waals surface area contributed by atoms with Gasteiger partial charge in [0.25, 0.3) is 0 Å². The number of hydrogen-bond donors (Lipinski definition) is 0. The minimum absolute atomic E-state index is 0.147. The number of aryl methyl sites for hydroxylation is 1. The Kier molecular flexibility index (Phi) is 5.30. The van der Waals surface area contributed by atoms with Gasteiger partial charge in [-0.05, 0) is 36.6 Å². The molecule has 0 amide bonds. The molecule has 0 aliphatic rings. The number of hydrogen-bond acceptors (Lipinski definition) is 2. The Morgan fingerprint density at radius 3 is 2.32 bits per heavy atom. The summed E-state index contributed by atoms with van der Waals surface area (Å²) in [6.07, 6.45) is 0.647. The molecular weight excluding hydrogens is 308 g/mol. The van der Waals surface area contributed by atoms with Gasteiger partial charge < -0.3 is 4.74 Å². The van der Waals surface area contributed by atoms with Crippen LogP contribution in [-0.4, -0.2) is 12.9 Å². The highest BCUT2D eigenvalue weighted by Crippen LogP contribution is 2.27. The maximum atomic E-state index is 13.2. The molecule has 3 aromatic rings. The highest BCUT2D eigenvalue weighted by atomic mass is 16.5. The molecule has 0 saturated heterocycles. The minimum atomic E-state index is -0.212. The van der Waals surface area contributed by atoms with Crippen LogP contribution in [0.15, 0.2) is 78.9 Å². The number of rotatable bonds is 6. The quantitative estimate of drug-likeness (QED) is 0.580. The average molecular weight is 330 g/mol. The van der Waals surface area contributed by atoms with Crippen LogP contribution in [-0.2, 0) is 6.42 Å². The maximum Gasteiger partial charge on any atom is 0.170 e. The molecule has 0 spiro atoms. The first-order valence-electron chi connectivity index (χ1n) is 8.46. The predicted molar refractivity (Wildman–Crippen MR) is 101 cm³/mol. The summed E-state index contributed by atoms with van der Waals surface area (Å²) in [4.78, 5) is 13.2. The van der Waals surface area contributed by atoms with E-state index in [1.807, 2.05) is 85.8 Å². The molecule has 126 valence electrons. The number of ketones is 1. The molecule has 3 rings (SSSR count). The lowest BCUT2D eigenvalue weighted by atomic mass is 9.85. The summed E-state index contributed by atoms with van der Waals surface area (Å²) >= 11 is 0. The second-order valence-corrected chi connectivity index (χ2v) is 6.25. The Balaban J connectivity index is 1.95. The molecule has 0 aliphatic carbocycles. The van der Waals surface area contributed by atoms with Crippen LogP contribution in [0, 0.1) is 6.92 Å². The lowest BCUT2D eigenvalue weighted by Gasteiger charge is -2.17. The zero-order chi connectivity index (χ0) is 17.6. The van der Waals surface area contributed by atoms with Gasteiger partial charge in [0.2, 0.25) is 0 Å². The summed E-state index contributed by atoms with van der Waals surface area (Å²) in [5, 5.41) is 0. The molecule has 0 saturated carbocycles. The molecular formula is C23H22O2. The lowest BCUT2D eigenvalue weighted by Crippen LogP contribution is -2.16. The molecule has 25 heavy (non-hydrogen) atoms. The third-order valence-electron chi connectivity index (χ3n) is 4.43. The normalized spacial score (nSPS) is 11.8. The SMILES string of the molecule is COc1cccc(CC(C(=O)c2ccc(C)cc2)c2ccccc2)c1. The van der Waals surface area contributed by atoms with E-state index in [9.17, 15) is 4.79 Å². The fourth-order valence-corrected chi connectivity index (χ4v) is 3.00. The van der Waals surface area contributed by atoms with Crippen LogP contribution < -0.4 is 4.74 Å². The molecule has 1 atom stereocenters. The molecule has 0 aliphatic heterocycles. The first-order chi connectivity index (χ1) is 12.2. The zero-order valence-electron chi connectivity index (χ0n) is 14.6. The fraction of sp³-hybridized carbons (Fsp3) is 0.174. The zero-order valence-corrected chi connectivity index (χ0v) is 14.6. The van der Waals surface area contributed by atoms with E-state index in [4.69, 9.17) is 4.74 Å². The number of benzene rings is 3. The maximum absolute atomic E-state index is 13.2. The second-order valence-electron chi connectivity index (χ2n) is 6.25. The largest absolute Gasteiger partial charge is 0.497 e. The van der Waals surface area contributed by atoms with Crippen molar-refractivity contribution in [3.8, 4) is 5.75 Å². The Morgan fingerprint density at radius 1 is 0.920 bits per heavy atom. The lowest BCUT2D eigenvalue weighted by molar-refractivity contribution is 0.0959. The molecule has 0 aromatic heterocycles. The number of carbonyl (C=O) groups excluding carboxylic acids is 1. The van der Waals surface area contributed by atoms with Crippen LogP contribution in [0.2, 0.25) is 0 Å². The summed E-state index contributed by atoms with van der Waals surface area (Å²) in [6, 6.07) is 25.7. The number of methoxy groups -OCH3 is 1. The van der Waals surface area contributed by atoms with Gasteiger partial charge in [0.15, 0.2) is 5.78 Å². The van der Waals surface area contributed by atoms with Crippen LogP contribution in [0.25, 0.3) is 0 Å². The molecule has 0 heterocycles. The molecule has 3 aromatic carbocycles. The molecule has 0 bridgehead atoms. The molecule has 1 unspecified atom stereocenters. The van der Waals surface area contributed by atoms with Gasteiger partial charge in [-0.25, -0.2) is 0 Å². The van der Waals surface area contributed by atoms with Gasteiger partial charge in [-0.1, -0.05) is 72.3 Å². The summed E-state index contributed by atoms with van der Waals surface area (Å²) in [7, 11) is 1.66. The van der Waals surface area contributed by atoms with Crippen molar-refractivity contribution in [1.82, 2.24) is 0 Å². The highest BCUT2D eigenvalue weighted by Gasteiger charge is 2.22. The van der Waals surface area contributed by atoms with Crippen LogP contribution in [0.5, 0.6) is 5.75 Å². The molecule has 0 fully saturated rings. The van der Waals surface area contributed by atoms with E-state index >= 15 is 0 Å².